The maximum atomic E-state index is 12.4. The Kier molecular flexibility index (Phi) is 8.54. The van der Waals surface area contributed by atoms with E-state index >= 15 is 0 Å². The highest BCUT2D eigenvalue weighted by molar-refractivity contribution is 5.91. The molecule has 0 aliphatic heterocycles. The lowest BCUT2D eigenvalue weighted by atomic mass is 10.3. The number of aromatic nitrogens is 3. The number of aliphatic hydroxyl groups is 2. The molecule has 28 heavy (non-hydrogen) atoms. The van der Waals surface area contributed by atoms with Crippen molar-refractivity contribution in [2.24, 2.45) is 7.05 Å². The van der Waals surface area contributed by atoms with Crippen LogP contribution in [-0.2, 0) is 39.2 Å². The van der Waals surface area contributed by atoms with E-state index in [2.05, 4.69) is 4.74 Å². The number of esters is 2. The van der Waals surface area contributed by atoms with Gasteiger partial charge in [0.15, 0.2) is 0 Å². The molecule has 0 fully saturated rings. The summed E-state index contributed by atoms with van der Waals surface area (Å²) in [4.78, 5) is 59.0. The Morgan fingerprint density at radius 2 is 1.46 bits per heavy atom. The smallest absolute Gasteiger partial charge is 0.336 e. The molecule has 156 valence electrons. The molecule has 12 nitrogen and oxygen atoms in total. The van der Waals surface area contributed by atoms with Crippen LogP contribution in [0.1, 0.15) is 13.3 Å². The molecule has 0 aliphatic carbocycles. The van der Waals surface area contributed by atoms with Crippen molar-refractivity contribution in [3.63, 3.8) is 0 Å². The van der Waals surface area contributed by atoms with E-state index in [0.717, 1.165) is 26.3 Å². The number of rotatable bonds is 9. The predicted octanol–water partition coefficient (Wildman–Crippen LogP) is -2.89. The van der Waals surface area contributed by atoms with Crippen LogP contribution >= 0.6 is 0 Å². The van der Waals surface area contributed by atoms with E-state index in [1.54, 1.807) is 6.92 Å². The van der Waals surface area contributed by atoms with Gasteiger partial charge in [0, 0.05) is 19.2 Å². The average molecular weight is 401 g/mol. The molecular weight excluding hydrogens is 378 g/mol. The number of methoxy groups -OCH3 is 1. The Bertz CT molecular complexity index is 909. The van der Waals surface area contributed by atoms with Gasteiger partial charge in [0.2, 0.25) is 0 Å². The number of hydrogen-bond donors (Lipinski definition) is 2. The number of hydrogen-bond acceptors (Lipinski definition) is 9. The third kappa shape index (κ3) is 6.03. The molecule has 0 aromatic carbocycles. The minimum Gasteiger partial charge on any atom is -0.466 e. The van der Waals surface area contributed by atoms with Crippen LogP contribution in [-0.4, -0.2) is 61.8 Å². The SMILES string of the molecule is CCC(O)Cn1c(=O)n(C)c(=O)n(CC(O)COC(=O)/C=C/C(=O)OC)c1=O. The molecular formula is C16H23N3O9. The number of ether oxygens (including phenoxy) is 2. The number of nitrogens with zero attached hydrogens (tertiary/aromatic N) is 3. The van der Waals surface area contributed by atoms with Gasteiger partial charge in [-0.05, 0) is 6.42 Å². The maximum absolute atomic E-state index is 12.4. The Hall–Kier alpha value is -2.99. The molecule has 1 heterocycles. The van der Waals surface area contributed by atoms with Crippen LogP contribution in [0, 0.1) is 0 Å². The first-order chi connectivity index (χ1) is 13.1. The molecule has 1 aromatic rings. The van der Waals surface area contributed by atoms with Crippen molar-refractivity contribution >= 4 is 11.9 Å². The van der Waals surface area contributed by atoms with Crippen molar-refractivity contribution in [3.8, 4) is 0 Å². The third-order valence-electron chi connectivity index (χ3n) is 3.73. The second-order valence-electron chi connectivity index (χ2n) is 5.83. The molecule has 1 rings (SSSR count). The van der Waals surface area contributed by atoms with Gasteiger partial charge in [-0.25, -0.2) is 37.7 Å². The van der Waals surface area contributed by atoms with E-state index in [1.165, 1.54) is 0 Å². The molecule has 0 aliphatic rings. The summed E-state index contributed by atoms with van der Waals surface area (Å²) in [5.41, 5.74) is -2.86. The zero-order valence-electron chi connectivity index (χ0n) is 15.7. The molecule has 2 atom stereocenters. The van der Waals surface area contributed by atoms with E-state index in [0.29, 0.717) is 13.7 Å². The third-order valence-corrected chi connectivity index (χ3v) is 3.73. The average Bonchev–Trinajstić information content (AvgIpc) is 2.69. The molecule has 1 aromatic heterocycles. The van der Waals surface area contributed by atoms with Crippen LogP contribution in [0.15, 0.2) is 26.5 Å². The number of carbonyl (C=O) groups is 2. The molecule has 0 saturated heterocycles. The molecule has 2 unspecified atom stereocenters. The van der Waals surface area contributed by atoms with Gasteiger partial charge in [-0.15, -0.1) is 0 Å². The summed E-state index contributed by atoms with van der Waals surface area (Å²) in [5.74, 6) is -1.72. The summed E-state index contributed by atoms with van der Waals surface area (Å²) in [6.07, 6.45) is -0.515. The highest BCUT2D eigenvalue weighted by Gasteiger charge is 2.18. The number of carbonyl (C=O) groups excluding carboxylic acids is 2. The van der Waals surface area contributed by atoms with Gasteiger partial charge in [0.25, 0.3) is 0 Å². The molecule has 12 heteroatoms. The van der Waals surface area contributed by atoms with Crippen molar-refractivity contribution in [2.45, 2.75) is 38.6 Å². The maximum Gasteiger partial charge on any atom is 0.336 e. The van der Waals surface area contributed by atoms with E-state index in [4.69, 9.17) is 4.74 Å². The lowest BCUT2D eigenvalue weighted by Crippen LogP contribution is -2.55. The van der Waals surface area contributed by atoms with Crippen molar-refractivity contribution < 1.29 is 29.3 Å². The lowest BCUT2D eigenvalue weighted by Gasteiger charge is -2.16. The summed E-state index contributed by atoms with van der Waals surface area (Å²) in [6, 6.07) is 0. The van der Waals surface area contributed by atoms with Crippen LogP contribution < -0.4 is 17.1 Å². The highest BCUT2D eigenvalue weighted by Crippen LogP contribution is 1.93. The first-order valence-corrected chi connectivity index (χ1v) is 8.31. The van der Waals surface area contributed by atoms with Gasteiger partial charge in [0.1, 0.15) is 12.7 Å². The fraction of sp³-hybridized carbons (Fsp3) is 0.562. The summed E-state index contributed by atoms with van der Waals surface area (Å²) in [5, 5.41) is 19.7. The van der Waals surface area contributed by atoms with E-state index < -0.39 is 54.4 Å². The molecule has 0 radical (unpaired) electrons. The second-order valence-corrected chi connectivity index (χ2v) is 5.83. The van der Waals surface area contributed by atoms with Gasteiger partial charge in [0.05, 0.1) is 26.3 Å². The zero-order valence-corrected chi connectivity index (χ0v) is 15.7. The van der Waals surface area contributed by atoms with E-state index in [-0.39, 0.29) is 13.0 Å². The van der Waals surface area contributed by atoms with Crippen molar-refractivity contribution in [2.75, 3.05) is 13.7 Å². The van der Waals surface area contributed by atoms with Crippen LogP contribution in [0.3, 0.4) is 0 Å². The fourth-order valence-electron chi connectivity index (χ4n) is 2.10. The van der Waals surface area contributed by atoms with Gasteiger partial charge < -0.3 is 19.7 Å². The first-order valence-electron chi connectivity index (χ1n) is 8.31. The van der Waals surface area contributed by atoms with Crippen molar-refractivity contribution in [3.05, 3.63) is 43.6 Å². The van der Waals surface area contributed by atoms with Gasteiger partial charge in [-0.2, -0.15) is 0 Å². The first kappa shape index (κ1) is 23.0. The molecule has 0 saturated carbocycles. The summed E-state index contributed by atoms with van der Waals surface area (Å²) in [7, 11) is 2.28. The predicted molar refractivity (Wildman–Crippen MR) is 94.6 cm³/mol. The minimum atomic E-state index is -1.44. The summed E-state index contributed by atoms with van der Waals surface area (Å²) < 4.78 is 11.0. The van der Waals surface area contributed by atoms with E-state index in [9.17, 15) is 34.2 Å². The summed E-state index contributed by atoms with van der Waals surface area (Å²) >= 11 is 0. The standard InChI is InChI=1S/C16H23N3O9/c1-4-10(20)7-18-14(24)17(2)15(25)19(16(18)26)8-11(21)9-28-13(23)6-5-12(22)27-3/h5-6,10-11,20-21H,4,7-9H2,1-3H3/b6-5+. The molecule has 0 amide bonds. The second kappa shape index (κ2) is 10.4. The minimum absolute atomic E-state index is 0.284. The van der Waals surface area contributed by atoms with Crippen molar-refractivity contribution in [1.82, 2.24) is 13.7 Å². The topological polar surface area (TPSA) is 159 Å². The Balaban J connectivity index is 2.96. The van der Waals surface area contributed by atoms with Crippen LogP contribution in [0.4, 0.5) is 0 Å². The largest absolute Gasteiger partial charge is 0.466 e. The normalized spacial score (nSPS) is 13.3. The molecule has 0 bridgehead atoms. The monoisotopic (exact) mass is 401 g/mol. The van der Waals surface area contributed by atoms with Crippen LogP contribution in [0.25, 0.3) is 0 Å². The Morgan fingerprint density at radius 3 is 1.96 bits per heavy atom. The molecule has 0 spiro atoms. The Labute approximate surface area is 158 Å². The molecule has 2 N–H and O–H groups in total. The fourth-order valence-corrected chi connectivity index (χ4v) is 2.10. The lowest BCUT2D eigenvalue weighted by molar-refractivity contribution is -0.141. The zero-order chi connectivity index (χ0) is 21.4. The summed E-state index contributed by atoms with van der Waals surface area (Å²) in [6.45, 7) is 0.216. The highest BCUT2D eigenvalue weighted by atomic mass is 16.5. The van der Waals surface area contributed by atoms with Crippen LogP contribution in [0.5, 0.6) is 0 Å². The van der Waals surface area contributed by atoms with Gasteiger partial charge in [-0.1, -0.05) is 6.92 Å². The van der Waals surface area contributed by atoms with Gasteiger partial charge in [-0.3, -0.25) is 0 Å². The Morgan fingerprint density at radius 1 is 0.964 bits per heavy atom. The quantitative estimate of drug-likeness (QED) is 0.327. The van der Waals surface area contributed by atoms with E-state index in [1.807, 2.05) is 0 Å². The number of aliphatic hydroxyl groups excluding tert-OH is 2. The van der Waals surface area contributed by atoms with Gasteiger partial charge >= 0.3 is 29.0 Å². The van der Waals surface area contributed by atoms with Crippen molar-refractivity contribution in [1.29, 1.82) is 0 Å². The van der Waals surface area contributed by atoms with Crippen LogP contribution in [0.2, 0.25) is 0 Å².